The monoisotopic (exact) mass is 413 g/mol. The van der Waals surface area contributed by atoms with Crippen molar-refractivity contribution in [3.63, 3.8) is 0 Å². The van der Waals surface area contributed by atoms with Gasteiger partial charge in [-0.15, -0.1) is 24.0 Å². The fourth-order valence-electron chi connectivity index (χ4n) is 2.12. The molecule has 2 rings (SSSR count). The molecule has 0 aromatic heterocycles. The van der Waals surface area contributed by atoms with Crippen molar-refractivity contribution in [1.82, 2.24) is 10.6 Å². The molecule has 0 saturated heterocycles. The van der Waals surface area contributed by atoms with Crippen molar-refractivity contribution < 1.29 is 4.74 Å². The first-order valence-corrected chi connectivity index (χ1v) is 7.28. The molecule has 2 N–H and O–H groups in total. The van der Waals surface area contributed by atoms with E-state index in [2.05, 4.69) is 47.7 Å². The Kier molecular flexibility index (Phi) is 8.01. The number of hydrogen-bond acceptors (Lipinski definition) is 2. The number of aliphatic imine (C=N–C) groups is 1. The highest BCUT2D eigenvalue weighted by Crippen LogP contribution is 2.24. The van der Waals surface area contributed by atoms with Crippen LogP contribution in [0.3, 0.4) is 0 Å². The SMILES string of the molecule is CN=C(NCCOc1cccc2ccccc12)NC(C)C.I. The first kappa shape index (κ1) is 18.5. The molecule has 0 atom stereocenters. The van der Waals surface area contributed by atoms with Gasteiger partial charge in [-0.3, -0.25) is 4.99 Å². The van der Waals surface area contributed by atoms with Crippen LogP contribution in [0.15, 0.2) is 47.5 Å². The second kappa shape index (κ2) is 9.50. The summed E-state index contributed by atoms with van der Waals surface area (Å²) >= 11 is 0. The van der Waals surface area contributed by atoms with Crippen molar-refractivity contribution >= 4 is 40.7 Å². The van der Waals surface area contributed by atoms with Crippen molar-refractivity contribution in [2.75, 3.05) is 20.2 Å². The molecule has 0 fully saturated rings. The zero-order valence-electron chi connectivity index (χ0n) is 13.3. The number of guanidine groups is 1. The van der Waals surface area contributed by atoms with Crippen LogP contribution in [0, 0.1) is 0 Å². The van der Waals surface area contributed by atoms with Gasteiger partial charge in [0.25, 0.3) is 0 Å². The number of rotatable bonds is 5. The molecule has 0 heterocycles. The van der Waals surface area contributed by atoms with Crippen molar-refractivity contribution in [1.29, 1.82) is 0 Å². The Bertz CT molecular complexity index is 608. The van der Waals surface area contributed by atoms with Gasteiger partial charge >= 0.3 is 0 Å². The largest absolute Gasteiger partial charge is 0.491 e. The summed E-state index contributed by atoms with van der Waals surface area (Å²) in [5.41, 5.74) is 0. The van der Waals surface area contributed by atoms with Crippen molar-refractivity contribution in [2.45, 2.75) is 19.9 Å². The molecule has 0 bridgehead atoms. The van der Waals surface area contributed by atoms with Gasteiger partial charge in [-0.25, -0.2) is 0 Å². The maximum atomic E-state index is 5.87. The van der Waals surface area contributed by atoms with Gasteiger partial charge in [0.05, 0.1) is 6.54 Å². The van der Waals surface area contributed by atoms with Crippen molar-refractivity contribution in [2.24, 2.45) is 4.99 Å². The molecule has 0 radical (unpaired) electrons. The molecule has 0 aliphatic carbocycles. The van der Waals surface area contributed by atoms with Gasteiger partial charge in [-0.1, -0.05) is 36.4 Å². The topological polar surface area (TPSA) is 45.7 Å². The molecule has 4 nitrogen and oxygen atoms in total. The Morgan fingerprint density at radius 1 is 1.14 bits per heavy atom. The zero-order chi connectivity index (χ0) is 15.1. The number of nitrogens with one attached hydrogen (secondary N) is 2. The number of hydrogen-bond donors (Lipinski definition) is 2. The van der Waals surface area contributed by atoms with Crippen LogP contribution >= 0.6 is 24.0 Å². The molecule has 0 aliphatic rings. The Labute approximate surface area is 149 Å². The third-order valence-electron chi connectivity index (χ3n) is 3.05. The molecule has 0 aliphatic heterocycles. The highest BCUT2D eigenvalue weighted by molar-refractivity contribution is 14.0. The minimum atomic E-state index is 0. The van der Waals surface area contributed by atoms with E-state index in [1.807, 2.05) is 24.3 Å². The fourth-order valence-corrected chi connectivity index (χ4v) is 2.12. The third-order valence-corrected chi connectivity index (χ3v) is 3.05. The molecule has 2 aromatic rings. The number of fused-ring (bicyclic) bond motifs is 1. The van der Waals surface area contributed by atoms with E-state index in [0.29, 0.717) is 19.2 Å². The number of ether oxygens (including phenoxy) is 1. The lowest BCUT2D eigenvalue weighted by molar-refractivity contribution is 0.325. The Morgan fingerprint density at radius 3 is 2.59 bits per heavy atom. The molecule has 2 aromatic carbocycles. The quantitative estimate of drug-likeness (QED) is 0.342. The highest BCUT2D eigenvalue weighted by Gasteiger charge is 2.02. The summed E-state index contributed by atoms with van der Waals surface area (Å²) < 4.78 is 5.87. The highest BCUT2D eigenvalue weighted by atomic mass is 127. The lowest BCUT2D eigenvalue weighted by Crippen LogP contribution is -2.42. The molecule has 0 unspecified atom stereocenters. The van der Waals surface area contributed by atoms with Gasteiger partial charge in [0.2, 0.25) is 0 Å². The van der Waals surface area contributed by atoms with E-state index in [1.165, 1.54) is 5.39 Å². The minimum absolute atomic E-state index is 0. The predicted molar refractivity (Wildman–Crippen MR) is 104 cm³/mol. The first-order valence-electron chi connectivity index (χ1n) is 7.28. The zero-order valence-corrected chi connectivity index (χ0v) is 15.6. The summed E-state index contributed by atoms with van der Waals surface area (Å²) in [5.74, 6) is 1.72. The van der Waals surface area contributed by atoms with E-state index in [1.54, 1.807) is 7.05 Å². The van der Waals surface area contributed by atoms with Crippen LogP contribution in [-0.2, 0) is 0 Å². The lowest BCUT2D eigenvalue weighted by atomic mass is 10.1. The number of halogens is 1. The van der Waals surface area contributed by atoms with Gasteiger partial charge in [-0.2, -0.15) is 0 Å². The van der Waals surface area contributed by atoms with Crippen LogP contribution < -0.4 is 15.4 Å². The maximum absolute atomic E-state index is 5.87. The number of nitrogens with zero attached hydrogens (tertiary/aromatic N) is 1. The molecule has 0 saturated carbocycles. The van der Waals surface area contributed by atoms with Gasteiger partial charge in [0.15, 0.2) is 5.96 Å². The van der Waals surface area contributed by atoms with Crippen LogP contribution in [0.25, 0.3) is 10.8 Å². The summed E-state index contributed by atoms with van der Waals surface area (Å²) in [6, 6.07) is 14.7. The smallest absolute Gasteiger partial charge is 0.191 e. The summed E-state index contributed by atoms with van der Waals surface area (Å²) in [6.45, 7) is 5.46. The molecule has 5 heteroatoms. The molecule has 0 amide bonds. The molecular formula is C17H24IN3O. The molecule has 120 valence electrons. The van der Waals surface area contributed by atoms with Crippen molar-refractivity contribution in [3.8, 4) is 5.75 Å². The van der Waals surface area contributed by atoms with E-state index in [-0.39, 0.29) is 24.0 Å². The van der Waals surface area contributed by atoms with Gasteiger partial charge < -0.3 is 15.4 Å². The van der Waals surface area contributed by atoms with Gasteiger partial charge in [0.1, 0.15) is 12.4 Å². The summed E-state index contributed by atoms with van der Waals surface area (Å²) in [4.78, 5) is 4.16. The van der Waals surface area contributed by atoms with E-state index in [9.17, 15) is 0 Å². The maximum Gasteiger partial charge on any atom is 0.191 e. The lowest BCUT2D eigenvalue weighted by Gasteiger charge is -2.15. The molecular weight excluding hydrogens is 389 g/mol. The summed E-state index contributed by atoms with van der Waals surface area (Å²) in [5, 5.41) is 8.81. The second-order valence-corrected chi connectivity index (χ2v) is 5.12. The van der Waals surface area contributed by atoms with E-state index in [0.717, 1.165) is 17.1 Å². The van der Waals surface area contributed by atoms with Gasteiger partial charge in [-0.05, 0) is 25.3 Å². The standard InChI is InChI=1S/C17H23N3O.HI/c1-13(2)20-17(18-3)19-11-12-21-16-10-6-8-14-7-4-5-9-15(14)16;/h4-10,13H,11-12H2,1-3H3,(H2,18,19,20);1H. The van der Waals surface area contributed by atoms with Crippen molar-refractivity contribution in [3.05, 3.63) is 42.5 Å². The van der Waals surface area contributed by atoms with Crippen LogP contribution in [0.5, 0.6) is 5.75 Å². The molecule has 22 heavy (non-hydrogen) atoms. The summed E-state index contributed by atoms with van der Waals surface area (Å²) in [7, 11) is 1.77. The van der Waals surface area contributed by atoms with E-state index in [4.69, 9.17) is 4.74 Å². The summed E-state index contributed by atoms with van der Waals surface area (Å²) in [6.07, 6.45) is 0. The minimum Gasteiger partial charge on any atom is -0.491 e. The average molecular weight is 413 g/mol. The molecule has 0 spiro atoms. The predicted octanol–water partition coefficient (Wildman–Crippen LogP) is 3.41. The Balaban J connectivity index is 0.00000242. The van der Waals surface area contributed by atoms with Gasteiger partial charge in [0, 0.05) is 18.5 Å². The Morgan fingerprint density at radius 2 is 1.86 bits per heavy atom. The number of benzene rings is 2. The van der Waals surface area contributed by atoms with Crippen LogP contribution in [-0.4, -0.2) is 32.2 Å². The normalized spacial score (nSPS) is 11.2. The van der Waals surface area contributed by atoms with E-state index < -0.39 is 0 Å². The third kappa shape index (κ3) is 5.36. The average Bonchev–Trinajstić information content (AvgIpc) is 2.50. The van der Waals surface area contributed by atoms with Crippen LogP contribution in [0.4, 0.5) is 0 Å². The second-order valence-electron chi connectivity index (χ2n) is 5.12. The Hall–Kier alpha value is -1.50. The van der Waals surface area contributed by atoms with Crippen LogP contribution in [0.2, 0.25) is 0 Å². The van der Waals surface area contributed by atoms with Crippen LogP contribution in [0.1, 0.15) is 13.8 Å². The van der Waals surface area contributed by atoms with E-state index >= 15 is 0 Å². The first-order chi connectivity index (χ1) is 10.2. The fraction of sp³-hybridized carbons (Fsp3) is 0.353.